The van der Waals surface area contributed by atoms with Gasteiger partial charge in [-0.25, -0.2) is 0 Å². The number of hydrogen-bond acceptors (Lipinski definition) is 1. The fourth-order valence-corrected chi connectivity index (χ4v) is 3.70. The van der Waals surface area contributed by atoms with Crippen molar-refractivity contribution in [1.29, 1.82) is 0 Å². The van der Waals surface area contributed by atoms with Gasteiger partial charge in [0.1, 0.15) is 0 Å². The van der Waals surface area contributed by atoms with Gasteiger partial charge in [-0.3, -0.25) is 0 Å². The highest BCUT2D eigenvalue weighted by Crippen LogP contribution is 2.32. The summed E-state index contributed by atoms with van der Waals surface area (Å²) < 4.78 is 6.40. The van der Waals surface area contributed by atoms with Crippen LogP contribution in [0.1, 0.15) is 130 Å². The highest BCUT2D eigenvalue weighted by atomic mass is 16.5. The topological polar surface area (TPSA) is 9.23 Å². The SMILES string of the molecule is CCCCCCCC(CCCCCC)(CCCCCC)OCC. The van der Waals surface area contributed by atoms with E-state index in [1.54, 1.807) is 0 Å². The standard InChI is InChI=1S/C22H46O/c1-5-9-12-15-18-21-22(23-8-4,19-16-13-10-6-2)20-17-14-11-7-3/h5-21H2,1-4H3. The minimum Gasteiger partial charge on any atom is -0.375 e. The molecule has 0 aliphatic rings. The van der Waals surface area contributed by atoms with Gasteiger partial charge in [-0.1, -0.05) is 104 Å². The van der Waals surface area contributed by atoms with Crippen molar-refractivity contribution in [1.82, 2.24) is 0 Å². The molecule has 0 spiro atoms. The molecular formula is C22H46O. The van der Waals surface area contributed by atoms with E-state index in [2.05, 4.69) is 27.7 Å². The lowest BCUT2D eigenvalue weighted by molar-refractivity contribution is -0.0624. The van der Waals surface area contributed by atoms with Crippen LogP contribution in [-0.4, -0.2) is 12.2 Å². The first-order chi connectivity index (χ1) is 11.2. The van der Waals surface area contributed by atoms with E-state index >= 15 is 0 Å². The Hall–Kier alpha value is -0.0400. The zero-order valence-electron chi connectivity index (χ0n) is 16.9. The first-order valence-corrected chi connectivity index (χ1v) is 10.9. The van der Waals surface area contributed by atoms with Gasteiger partial charge in [0.15, 0.2) is 0 Å². The smallest absolute Gasteiger partial charge is 0.0682 e. The Morgan fingerprint density at radius 3 is 1.17 bits per heavy atom. The van der Waals surface area contributed by atoms with E-state index in [4.69, 9.17) is 4.74 Å². The summed E-state index contributed by atoms with van der Waals surface area (Å²) in [4.78, 5) is 0. The van der Waals surface area contributed by atoms with Gasteiger partial charge in [-0.2, -0.15) is 0 Å². The lowest BCUT2D eigenvalue weighted by Crippen LogP contribution is -2.33. The molecule has 1 heteroatoms. The average Bonchev–Trinajstić information content (AvgIpc) is 2.56. The zero-order chi connectivity index (χ0) is 17.2. The van der Waals surface area contributed by atoms with Gasteiger partial charge < -0.3 is 4.74 Å². The molecule has 0 aromatic carbocycles. The van der Waals surface area contributed by atoms with Crippen LogP contribution in [0.15, 0.2) is 0 Å². The van der Waals surface area contributed by atoms with Crippen molar-refractivity contribution in [3.63, 3.8) is 0 Å². The van der Waals surface area contributed by atoms with Crippen molar-refractivity contribution in [3.05, 3.63) is 0 Å². The van der Waals surface area contributed by atoms with Crippen LogP contribution in [0, 0.1) is 0 Å². The molecule has 0 rings (SSSR count). The van der Waals surface area contributed by atoms with Crippen molar-refractivity contribution >= 4 is 0 Å². The van der Waals surface area contributed by atoms with Crippen LogP contribution in [-0.2, 0) is 4.74 Å². The summed E-state index contributed by atoms with van der Waals surface area (Å²) in [5.74, 6) is 0. The van der Waals surface area contributed by atoms with E-state index in [1.807, 2.05) is 0 Å². The van der Waals surface area contributed by atoms with Crippen LogP contribution in [0.2, 0.25) is 0 Å². The van der Waals surface area contributed by atoms with Crippen LogP contribution >= 0.6 is 0 Å². The molecule has 0 N–H and O–H groups in total. The maximum Gasteiger partial charge on any atom is 0.0682 e. The van der Waals surface area contributed by atoms with E-state index in [9.17, 15) is 0 Å². The summed E-state index contributed by atoms with van der Waals surface area (Å²) in [6.45, 7) is 9.97. The molecular weight excluding hydrogens is 280 g/mol. The normalized spacial score (nSPS) is 12.0. The fourth-order valence-electron chi connectivity index (χ4n) is 3.70. The Morgan fingerprint density at radius 2 is 0.826 bits per heavy atom. The molecule has 0 fully saturated rings. The molecule has 0 aliphatic heterocycles. The second-order valence-corrected chi connectivity index (χ2v) is 7.40. The lowest BCUT2D eigenvalue weighted by Gasteiger charge is -2.34. The predicted octanol–water partition coefficient (Wildman–Crippen LogP) is 8.06. The summed E-state index contributed by atoms with van der Waals surface area (Å²) >= 11 is 0. The Bertz CT molecular complexity index is 212. The monoisotopic (exact) mass is 326 g/mol. The van der Waals surface area contributed by atoms with Crippen molar-refractivity contribution in [3.8, 4) is 0 Å². The highest BCUT2D eigenvalue weighted by molar-refractivity contribution is 4.81. The molecule has 0 saturated heterocycles. The number of hydrogen-bond donors (Lipinski definition) is 0. The van der Waals surface area contributed by atoms with E-state index in [0.717, 1.165) is 6.61 Å². The molecule has 0 radical (unpaired) electrons. The predicted molar refractivity (Wildman–Crippen MR) is 105 cm³/mol. The van der Waals surface area contributed by atoms with Gasteiger partial charge in [0, 0.05) is 6.61 Å². The molecule has 0 atom stereocenters. The number of ether oxygens (including phenoxy) is 1. The zero-order valence-corrected chi connectivity index (χ0v) is 16.9. The maximum atomic E-state index is 6.40. The fraction of sp³-hybridized carbons (Fsp3) is 1.00. The van der Waals surface area contributed by atoms with E-state index in [0.29, 0.717) is 0 Å². The molecule has 0 aromatic heterocycles. The summed E-state index contributed by atoms with van der Waals surface area (Å²) in [5, 5.41) is 0. The van der Waals surface area contributed by atoms with Crippen molar-refractivity contribution < 1.29 is 4.74 Å². The molecule has 0 amide bonds. The number of rotatable bonds is 18. The second kappa shape index (κ2) is 16.8. The van der Waals surface area contributed by atoms with E-state index in [1.165, 1.54) is 103 Å². The van der Waals surface area contributed by atoms with Crippen LogP contribution < -0.4 is 0 Å². The minimum atomic E-state index is 0.197. The van der Waals surface area contributed by atoms with Gasteiger partial charge in [0.25, 0.3) is 0 Å². The maximum absolute atomic E-state index is 6.40. The summed E-state index contributed by atoms with van der Waals surface area (Å²) in [6, 6.07) is 0. The van der Waals surface area contributed by atoms with Gasteiger partial charge >= 0.3 is 0 Å². The lowest BCUT2D eigenvalue weighted by atomic mass is 9.84. The Labute approximate surface area is 148 Å². The Morgan fingerprint density at radius 1 is 0.478 bits per heavy atom. The molecule has 0 unspecified atom stereocenters. The number of unbranched alkanes of at least 4 members (excludes halogenated alkanes) is 10. The third-order valence-electron chi connectivity index (χ3n) is 5.16. The van der Waals surface area contributed by atoms with Crippen LogP contribution in [0.25, 0.3) is 0 Å². The van der Waals surface area contributed by atoms with Crippen LogP contribution in [0.5, 0.6) is 0 Å². The third-order valence-corrected chi connectivity index (χ3v) is 5.16. The molecule has 0 bridgehead atoms. The molecule has 140 valence electrons. The van der Waals surface area contributed by atoms with Crippen LogP contribution in [0.4, 0.5) is 0 Å². The van der Waals surface area contributed by atoms with E-state index in [-0.39, 0.29) is 5.60 Å². The Kier molecular flexibility index (Phi) is 16.8. The molecule has 0 aliphatic carbocycles. The van der Waals surface area contributed by atoms with Gasteiger partial charge in [0.05, 0.1) is 5.60 Å². The average molecular weight is 327 g/mol. The second-order valence-electron chi connectivity index (χ2n) is 7.40. The highest BCUT2D eigenvalue weighted by Gasteiger charge is 2.28. The summed E-state index contributed by atoms with van der Waals surface area (Å²) in [6.07, 6.45) is 21.7. The van der Waals surface area contributed by atoms with Crippen molar-refractivity contribution in [2.45, 2.75) is 136 Å². The summed E-state index contributed by atoms with van der Waals surface area (Å²) in [5.41, 5.74) is 0.197. The first kappa shape index (κ1) is 23.0. The van der Waals surface area contributed by atoms with Crippen LogP contribution in [0.3, 0.4) is 0 Å². The third kappa shape index (κ3) is 13.0. The molecule has 23 heavy (non-hydrogen) atoms. The molecule has 0 aromatic rings. The quantitative estimate of drug-likeness (QED) is 0.231. The molecule has 0 heterocycles. The van der Waals surface area contributed by atoms with Crippen molar-refractivity contribution in [2.75, 3.05) is 6.61 Å². The van der Waals surface area contributed by atoms with Crippen molar-refractivity contribution in [2.24, 2.45) is 0 Å². The first-order valence-electron chi connectivity index (χ1n) is 10.9. The largest absolute Gasteiger partial charge is 0.375 e. The molecule has 0 saturated carbocycles. The van der Waals surface area contributed by atoms with Gasteiger partial charge in [-0.05, 0) is 26.2 Å². The minimum absolute atomic E-state index is 0.197. The van der Waals surface area contributed by atoms with Gasteiger partial charge in [0.2, 0.25) is 0 Å². The summed E-state index contributed by atoms with van der Waals surface area (Å²) in [7, 11) is 0. The Balaban J connectivity index is 4.39. The van der Waals surface area contributed by atoms with Gasteiger partial charge in [-0.15, -0.1) is 0 Å². The molecule has 1 nitrogen and oxygen atoms in total. The van der Waals surface area contributed by atoms with E-state index < -0.39 is 0 Å².